The van der Waals surface area contributed by atoms with E-state index in [0.717, 1.165) is 0 Å². The number of nitrogens with zero attached hydrogens (tertiary/aromatic N) is 1. The second kappa shape index (κ2) is 4.59. The van der Waals surface area contributed by atoms with E-state index in [0.29, 0.717) is 10.6 Å². The Labute approximate surface area is 109 Å². The van der Waals surface area contributed by atoms with E-state index < -0.39 is 18.0 Å². The number of halogens is 1. The van der Waals surface area contributed by atoms with Crippen molar-refractivity contribution in [1.82, 2.24) is 4.90 Å². The number of hydrogen-bond donors (Lipinski definition) is 2. The quantitative estimate of drug-likeness (QED) is 0.853. The average molecular weight is 270 g/mol. The van der Waals surface area contributed by atoms with Gasteiger partial charge in [0, 0.05) is 23.7 Å². The van der Waals surface area contributed by atoms with Gasteiger partial charge < -0.3 is 15.1 Å². The molecule has 0 radical (unpaired) electrons. The number of likely N-dealkylation sites (tertiary alicyclic amines) is 1. The number of carboxylic acids is 1. The van der Waals surface area contributed by atoms with Gasteiger partial charge in [0.15, 0.2) is 0 Å². The highest BCUT2D eigenvalue weighted by atomic mass is 35.5. The molecule has 5 nitrogen and oxygen atoms in total. The van der Waals surface area contributed by atoms with Gasteiger partial charge in [-0.1, -0.05) is 11.6 Å². The van der Waals surface area contributed by atoms with Gasteiger partial charge in [0.2, 0.25) is 0 Å². The van der Waals surface area contributed by atoms with E-state index in [9.17, 15) is 9.59 Å². The second-order valence-electron chi connectivity index (χ2n) is 4.41. The minimum atomic E-state index is -1.21. The van der Waals surface area contributed by atoms with Gasteiger partial charge in [-0.3, -0.25) is 9.59 Å². The third-order valence-corrected chi connectivity index (χ3v) is 3.37. The van der Waals surface area contributed by atoms with Gasteiger partial charge in [0.05, 0.1) is 6.61 Å². The first-order valence-corrected chi connectivity index (χ1v) is 5.75. The van der Waals surface area contributed by atoms with E-state index in [1.165, 1.54) is 4.90 Å². The summed E-state index contributed by atoms with van der Waals surface area (Å²) in [5.74, 6) is -1.33. The molecule has 2 N–H and O–H groups in total. The molecule has 96 valence electrons. The van der Waals surface area contributed by atoms with Gasteiger partial charge in [0.1, 0.15) is 5.41 Å². The number of aliphatic carboxylic acids is 1. The lowest BCUT2D eigenvalue weighted by molar-refractivity contribution is -0.162. The van der Waals surface area contributed by atoms with Crippen LogP contribution in [0, 0.1) is 5.41 Å². The first-order chi connectivity index (χ1) is 8.48. The van der Waals surface area contributed by atoms with Crippen molar-refractivity contribution in [3.8, 4) is 0 Å². The van der Waals surface area contributed by atoms with Crippen LogP contribution < -0.4 is 0 Å². The molecule has 1 aromatic rings. The molecular formula is C12H12ClNO4. The van der Waals surface area contributed by atoms with Crippen molar-refractivity contribution in [3.63, 3.8) is 0 Å². The van der Waals surface area contributed by atoms with E-state index in [4.69, 9.17) is 21.8 Å². The molecule has 0 aliphatic carbocycles. The third kappa shape index (κ3) is 2.07. The molecule has 1 aromatic carbocycles. The third-order valence-electron chi connectivity index (χ3n) is 3.12. The Morgan fingerprint density at radius 1 is 1.28 bits per heavy atom. The highest BCUT2D eigenvalue weighted by Gasteiger charge is 2.51. The fourth-order valence-electron chi connectivity index (χ4n) is 1.91. The highest BCUT2D eigenvalue weighted by Crippen LogP contribution is 2.31. The number of benzene rings is 1. The zero-order valence-corrected chi connectivity index (χ0v) is 10.2. The smallest absolute Gasteiger partial charge is 0.315 e. The van der Waals surface area contributed by atoms with Crippen molar-refractivity contribution in [1.29, 1.82) is 0 Å². The molecule has 1 fully saturated rings. The molecule has 1 aliphatic rings. The summed E-state index contributed by atoms with van der Waals surface area (Å²) >= 11 is 5.72. The molecule has 0 aromatic heterocycles. The zero-order chi connectivity index (χ0) is 13.3. The molecule has 6 heteroatoms. The summed E-state index contributed by atoms with van der Waals surface area (Å²) in [6, 6.07) is 6.38. The standard InChI is InChI=1S/C12H12ClNO4/c13-9-3-1-8(2-4-9)10(16)14-5-12(6-14,7-15)11(17)18/h1-4,15H,5-7H2,(H,17,18). The molecular weight excluding hydrogens is 258 g/mol. The monoisotopic (exact) mass is 269 g/mol. The van der Waals surface area contributed by atoms with Gasteiger partial charge in [-0.15, -0.1) is 0 Å². The molecule has 1 heterocycles. The van der Waals surface area contributed by atoms with Crippen LogP contribution in [0.4, 0.5) is 0 Å². The predicted molar refractivity (Wildman–Crippen MR) is 64.5 cm³/mol. The SMILES string of the molecule is O=C(c1ccc(Cl)cc1)N1CC(CO)(C(=O)O)C1. The number of rotatable bonds is 3. The van der Waals surface area contributed by atoms with Crippen molar-refractivity contribution in [3.05, 3.63) is 34.9 Å². The Morgan fingerprint density at radius 2 is 1.83 bits per heavy atom. The fraction of sp³-hybridized carbons (Fsp3) is 0.333. The number of carbonyl (C=O) groups is 2. The maximum atomic E-state index is 12.0. The maximum absolute atomic E-state index is 12.0. The van der Waals surface area contributed by atoms with E-state index in [1.807, 2.05) is 0 Å². The van der Waals surface area contributed by atoms with Gasteiger partial charge in [-0.2, -0.15) is 0 Å². The van der Waals surface area contributed by atoms with Gasteiger partial charge in [-0.05, 0) is 24.3 Å². The lowest BCUT2D eigenvalue weighted by Crippen LogP contribution is -2.63. The summed E-state index contributed by atoms with van der Waals surface area (Å²) in [7, 11) is 0. The number of aliphatic hydroxyl groups excluding tert-OH is 1. The van der Waals surface area contributed by atoms with Crippen molar-refractivity contribution >= 4 is 23.5 Å². The van der Waals surface area contributed by atoms with Crippen LogP contribution in [0.25, 0.3) is 0 Å². The first-order valence-electron chi connectivity index (χ1n) is 5.38. The van der Waals surface area contributed by atoms with Crippen LogP contribution in [-0.4, -0.2) is 46.7 Å². The zero-order valence-electron chi connectivity index (χ0n) is 9.47. The second-order valence-corrected chi connectivity index (χ2v) is 4.85. The first kappa shape index (κ1) is 12.9. The molecule has 1 amide bonds. The normalized spacial score (nSPS) is 17.1. The highest BCUT2D eigenvalue weighted by molar-refractivity contribution is 6.30. The Balaban J connectivity index is 2.06. The molecule has 18 heavy (non-hydrogen) atoms. The summed E-state index contributed by atoms with van der Waals surface area (Å²) in [6.07, 6.45) is 0. The van der Waals surface area contributed by atoms with Crippen LogP contribution in [0.2, 0.25) is 5.02 Å². The lowest BCUT2D eigenvalue weighted by atomic mass is 9.80. The van der Waals surface area contributed by atoms with Gasteiger partial charge >= 0.3 is 5.97 Å². The predicted octanol–water partition coefficient (Wildman–Crippen LogP) is 0.859. The fourth-order valence-corrected chi connectivity index (χ4v) is 2.03. The van der Waals surface area contributed by atoms with Crippen LogP contribution in [0.15, 0.2) is 24.3 Å². The van der Waals surface area contributed by atoms with Crippen LogP contribution in [0.3, 0.4) is 0 Å². The minimum Gasteiger partial charge on any atom is -0.481 e. The molecule has 0 spiro atoms. The average Bonchev–Trinajstić information content (AvgIpc) is 2.28. The molecule has 0 bridgehead atoms. The number of carboxylic acid groups (broad SMARTS) is 1. The lowest BCUT2D eigenvalue weighted by Gasteiger charge is -2.45. The minimum absolute atomic E-state index is 0.0281. The van der Waals surface area contributed by atoms with Crippen molar-refractivity contribution in [2.24, 2.45) is 5.41 Å². The van der Waals surface area contributed by atoms with Crippen molar-refractivity contribution in [2.75, 3.05) is 19.7 Å². The summed E-state index contributed by atoms with van der Waals surface area (Å²) in [5, 5.41) is 18.6. The Morgan fingerprint density at radius 3 is 2.28 bits per heavy atom. The molecule has 1 saturated heterocycles. The van der Waals surface area contributed by atoms with E-state index in [1.54, 1.807) is 24.3 Å². The largest absolute Gasteiger partial charge is 0.481 e. The topological polar surface area (TPSA) is 77.8 Å². The van der Waals surface area contributed by atoms with Crippen molar-refractivity contribution < 1.29 is 19.8 Å². The van der Waals surface area contributed by atoms with Crippen LogP contribution in [0.1, 0.15) is 10.4 Å². The van der Waals surface area contributed by atoms with Gasteiger partial charge in [-0.25, -0.2) is 0 Å². The van der Waals surface area contributed by atoms with Crippen LogP contribution >= 0.6 is 11.6 Å². The molecule has 1 aliphatic heterocycles. The Kier molecular flexibility index (Phi) is 3.28. The van der Waals surface area contributed by atoms with Gasteiger partial charge in [0.25, 0.3) is 5.91 Å². The summed E-state index contributed by atoms with van der Waals surface area (Å²) in [4.78, 5) is 24.3. The molecule has 0 unspecified atom stereocenters. The molecule has 0 saturated carbocycles. The van der Waals surface area contributed by atoms with E-state index in [-0.39, 0.29) is 19.0 Å². The number of carbonyl (C=O) groups excluding carboxylic acids is 1. The molecule has 2 rings (SSSR count). The molecule has 0 atom stereocenters. The summed E-state index contributed by atoms with van der Waals surface area (Å²) < 4.78 is 0. The van der Waals surface area contributed by atoms with Crippen LogP contribution in [-0.2, 0) is 4.79 Å². The Bertz CT molecular complexity index is 479. The van der Waals surface area contributed by atoms with E-state index in [2.05, 4.69) is 0 Å². The maximum Gasteiger partial charge on any atom is 0.315 e. The summed E-state index contributed by atoms with van der Waals surface area (Å²) in [5.41, 5.74) is -0.751. The van der Waals surface area contributed by atoms with Crippen LogP contribution in [0.5, 0.6) is 0 Å². The number of aliphatic hydroxyl groups is 1. The van der Waals surface area contributed by atoms with Crippen molar-refractivity contribution in [2.45, 2.75) is 0 Å². The summed E-state index contributed by atoms with van der Waals surface area (Å²) in [6.45, 7) is -0.409. The van der Waals surface area contributed by atoms with E-state index >= 15 is 0 Å². The Hall–Kier alpha value is -1.59. The number of hydrogen-bond acceptors (Lipinski definition) is 3. The number of amides is 1.